The van der Waals surface area contributed by atoms with E-state index in [0.29, 0.717) is 10.7 Å². The topological polar surface area (TPSA) is 56.7 Å². The molecule has 78 valence electrons. The monoisotopic (exact) mass is 222 g/mol. The molecule has 2 N–H and O–H groups in total. The number of nitrogens with two attached hydrogens (primary N) is 1. The number of halogens is 1. The van der Waals surface area contributed by atoms with Crippen LogP contribution in [0.25, 0.3) is 5.69 Å². The second-order valence-corrected chi connectivity index (χ2v) is 3.74. The van der Waals surface area contributed by atoms with E-state index in [4.69, 9.17) is 17.3 Å². The number of aromatic nitrogens is 3. The summed E-state index contributed by atoms with van der Waals surface area (Å²) in [4.78, 5) is 4.21. The number of nitrogen functional groups attached to an aromatic ring is 1. The molecule has 0 bridgehead atoms. The fraction of sp³-hybridized carbons (Fsp3) is 0.200. The minimum atomic E-state index is 0.572. The lowest BCUT2D eigenvalue weighted by Crippen LogP contribution is -2.00. The van der Waals surface area contributed by atoms with Gasteiger partial charge in [0.05, 0.1) is 10.7 Å². The van der Waals surface area contributed by atoms with E-state index in [1.165, 1.54) is 0 Å². The van der Waals surface area contributed by atoms with Gasteiger partial charge in [-0.25, -0.2) is 9.67 Å². The third-order valence-electron chi connectivity index (χ3n) is 2.07. The maximum absolute atomic E-state index is 6.08. The van der Waals surface area contributed by atoms with Crippen LogP contribution in [-0.4, -0.2) is 14.8 Å². The first-order valence-electron chi connectivity index (χ1n) is 4.53. The molecule has 0 saturated heterocycles. The van der Waals surface area contributed by atoms with Gasteiger partial charge in [0.25, 0.3) is 0 Å². The SMILES string of the molecule is Cc1nc(C)n(-c2ccc(N)cc2Cl)n1. The number of benzene rings is 1. The molecule has 0 radical (unpaired) electrons. The Morgan fingerprint density at radius 3 is 2.60 bits per heavy atom. The van der Waals surface area contributed by atoms with E-state index in [1.807, 2.05) is 19.9 Å². The van der Waals surface area contributed by atoms with E-state index in [1.54, 1.807) is 16.8 Å². The molecule has 1 heterocycles. The van der Waals surface area contributed by atoms with E-state index in [2.05, 4.69) is 10.1 Å². The fourth-order valence-electron chi connectivity index (χ4n) is 1.44. The molecule has 5 heteroatoms. The Morgan fingerprint density at radius 2 is 2.07 bits per heavy atom. The molecular formula is C10H11ClN4. The van der Waals surface area contributed by atoms with Gasteiger partial charge in [-0.05, 0) is 32.0 Å². The highest BCUT2D eigenvalue weighted by atomic mass is 35.5. The normalized spacial score (nSPS) is 10.6. The molecule has 0 atom stereocenters. The van der Waals surface area contributed by atoms with Crippen molar-refractivity contribution >= 4 is 17.3 Å². The summed E-state index contributed by atoms with van der Waals surface area (Å²) in [5, 5.41) is 4.82. The smallest absolute Gasteiger partial charge is 0.148 e. The Hall–Kier alpha value is -1.55. The van der Waals surface area contributed by atoms with Crippen LogP contribution in [0.1, 0.15) is 11.6 Å². The zero-order valence-corrected chi connectivity index (χ0v) is 9.28. The molecule has 0 amide bonds. The summed E-state index contributed by atoms with van der Waals surface area (Å²) < 4.78 is 1.71. The average molecular weight is 223 g/mol. The highest BCUT2D eigenvalue weighted by Crippen LogP contribution is 2.23. The van der Waals surface area contributed by atoms with Gasteiger partial charge in [-0.1, -0.05) is 11.6 Å². The molecule has 0 fully saturated rings. The molecule has 2 aromatic rings. The van der Waals surface area contributed by atoms with Crippen LogP contribution in [0.2, 0.25) is 5.02 Å². The highest BCUT2D eigenvalue weighted by molar-refractivity contribution is 6.32. The van der Waals surface area contributed by atoms with Crippen molar-refractivity contribution in [3.05, 3.63) is 34.9 Å². The van der Waals surface area contributed by atoms with Gasteiger partial charge in [-0.2, -0.15) is 5.10 Å². The maximum Gasteiger partial charge on any atom is 0.148 e. The third-order valence-corrected chi connectivity index (χ3v) is 2.38. The van der Waals surface area contributed by atoms with Gasteiger partial charge in [-0.15, -0.1) is 0 Å². The van der Waals surface area contributed by atoms with Crippen molar-refractivity contribution in [3.8, 4) is 5.69 Å². The molecule has 0 aliphatic rings. The summed E-state index contributed by atoms with van der Waals surface area (Å²) in [5.41, 5.74) is 7.05. The van der Waals surface area contributed by atoms with E-state index >= 15 is 0 Å². The summed E-state index contributed by atoms with van der Waals surface area (Å²) in [6.07, 6.45) is 0. The molecule has 0 saturated carbocycles. The first-order valence-corrected chi connectivity index (χ1v) is 4.91. The average Bonchev–Trinajstić information content (AvgIpc) is 2.45. The number of rotatable bonds is 1. The Kier molecular flexibility index (Phi) is 2.36. The Bertz CT molecular complexity index is 504. The van der Waals surface area contributed by atoms with Gasteiger partial charge in [-0.3, -0.25) is 0 Å². The lowest BCUT2D eigenvalue weighted by atomic mass is 10.3. The summed E-state index contributed by atoms with van der Waals surface area (Å²) in [5.74, 6) is 1.53. The fourth-order valence-corrected chi connectivity index (χ4v) is 1.71. The molecule has 15 heavy (non-hydrogen) atoms. The summed E-state index contributed by atoms with van der Waals surface area (Å²) >= 11 is 6.08. The largest absolute Gasteiger partial charge is 0.399 e. The standard InChI is InChI=1S/C10H11ClN4/c1-6-13-7(2)15(14-6)10-4-3-8(12)5-9(10)11/h3-5H,12H2,1-2H3. The number of hydrogen-bond donors (Lipinski definition) is 1. The quantitative estimate of drug-likeness (QED) is 0.752. The Labute approximate surface area is 92.7 Å². The van der Waals surface area contributed by atoms with Crippen molar-refractivity contribution < 1.29 is 0 Å². The van der Waals surface area contributed by atoms with Crippen LogP contribution in [0.4, 0.5) is 5.69 Å². The van der Waals surface area contributed by atoms with Crippen LogP contribution in [-0.2, 0) is 0 Å². The van der Waals surface area contributed by atoms with Gasteiger partial charge in [0.1, 0.15) is 11.6 Å². The first kappa shape index (κ1) is 9.98. The van der Waals surface area contributed by atoms with Crippen molar-refractivity contribution in [2.45, 2.75) is 13.8 Å². The maximum atomic E-state index is 6.08. The molecule has 0 spiro atoms. The number of anilines is 1. The Balaban J connectivity index is 2.59. The number of aryl methyl sites for hydroxylation is 2. The van der Waals surface area contributed by atoms with Gasteiger partial charge in [0.15, 0.2) is 0 Å². The molecular weight excluding hydrogens is 212 g/mol. The second-order valence-electron chi connectivity index (χ2n) is 3.33. The molecule has 4 nitrogen and oxygen atoms in total. The van der Waals surface area contributed by atoms with Gasteiger partial charge < -0.3 is 5.73 Å². The minimum absolute atomic E-state index is 0.572. The molecule has 2 rings (SSSR count). The predicted molar refractivity (Wildman–Crippen MR) is 60.3 cm³/mol. The minimum Gasteiger partial charge on any atom is -0.399 e. The molecule has 1 aromatic carbocycles. The molecule has 0 unspecified atom stereocenters. The third kappa shape index (κ3) is 1.80. The van der Waals surface area contributed by atoms with Crippen molar-refractivity contribution in [2.24, 2.45) is 0 Å². The second kappa shape index (κ2) is 3.55. The predicted octanol–water partition coefficient (Wildman–Crippen LogP) is 2.12. The molecule has 1 aromatic heterocycles. The zero-order chi connectivity index (χ0) is 11.0. The summed E-state index contributed by atoms with van der Waals surface area (Å²) in [6.45, 7) is 3.72. The van der Waals surface area contributed by atoms with Gasteiger partial charge in [0, 0.05) is 5.69 Å². The number of hydrogen-bond acceptors (Lipinski definition) is 3. The van der Waals surface area contributed by atoms with Crippen LogP contribution >= 0.6 is 11.6 Å². The van der Waals surface area contributed by atoms with Crippen LogP contribution < -0.4 is 5.73 Å². The zero-order valence-electron chi connectivity index (χ0n) is 8.53. The lowest BCUT2D eigenvalue weighted by Gasteiger charge is -2.05. The summed E-state index contributed by atoms with van der Waals surface area (Å²) in [7, 11) is 0. The Morgan fingerprint density at radius 1 is 1.33 bits per heavy atom. The number of nitrogens with zero attached hydrogens (tertiary/aromatic N) is 3. The van der Waals surface area contributed by atoms with Gasteiger partial charge in [0.2, 0.25) is 0 Å². The van der Waals surface area contributed by atoms with Crippen LogP contribution in [0.5, 0.6) is 0 Å². The van der Waals surface area contributed by atoms with Gasteiger partial charge >= 0.3 is 0 Å². The van der Waals surface area contributed by atoms with E-state index in [0.717, 1.165) is 17.3 Å². The van der Waals surface area contributed by atoms with Crippen LogP contribution in [0.3, 0.4) is 0 Å². The van der Waals surface area contributed by atoms with E-state index in [9.17, 15) is 0 Å². The lowest BCUT2D eigenvalue weighted by molar-refractivity contribution is 0.831. The summed E-state index contributed by atoms with van der Waals surface area (Å²) in [6, 6.07) is 5.32. The molecule has 0 aliphatic carbocycles. The van der Waals surface area contributed by atoms with Crippen LogP contribution in [0, 0.1) is 13.8 Å². The molecule has 0 aliphatic heterocycles. The van der Waals surface area contributed by atoms with Crippen molar-refractivity contribution in [1.82, 2.24) is 14.8 Å². The van der Waals surface area contributed by atoms with E-state index in [-0.39, 0.29) is 0 Å². The van der Waals surface area contributed by atoms with Crippen molar-refractivity contribution in [2.75, 3.05) is 5.73 Å². The first-order chi connectivity index (χ1) is 7.08. The van der Waals surface area contributed by atoms with Crippen LogP contribution in [0.15, 0.2) is 18.2 Å². The highest BCUT2D eigenvalue weighted by Gasteiger charge is 2.08. The van der Waals surface area contributed by atoms with Crippen molar-refractivity contribution in [3.63, 3.8) is 0 Å². The van der Waals surface area contributed by atoms with Crippen molar-refractivity contribution in [1.29, 1.82) is 0 Å². The van der Waals surface area contributed by atoms with E-state index < -0.39 is 0 Å².